The van der Waals surface area contributed by atoms with Gasteiger partial charge in [-0.1, -0.05) is 23.2 Å². The van der Waals surface area contributed by atoms with Crippen molar-refractivity contribution in [3.05, 3.63) is 52.8 Å². The monoisotopic (exact) mass is 521 g/mol. The second kappa shape index (κ2) is 9.97. The molecule has 182 valence electrons. The van der Waals surface area contributed by atoms with Gasteiger partial charge < -0.3 is 9.64 Å². The number of nitrogens with zero attached hydrogens (tertiary/aromatic N) is 7. The molecule has 9 nitrogen and oxygen atoms in total. The minimum absolute atomic E-state index is 0.101. The fourth-order valence-electron chi connectivity index (χ4n) is 2.81. The number of aromatic nitrogens is 5. The van der Waals surface area contributed by atoms with E-state index in [-0.39, 0.29) is 16.7 Å². The van der Waals surface area contributed by atoms with Gasteiger partial charge in [0.2, 0.25) is 0 Å². The van der Waals surface area contributed by atoms with Crippen molar-refractivity contribution in [2.45, 2.75) is 25.5 Å². The SMILES string of the molecule is CC(c1ncnn1-c1ncccn1)N(C)C(=O)N(C)c1cc(OC(F)(F)C(F)F)c(Cl)cc1Cl. The van der Waals surface area contributed by atoms with Crippen LogP contribution in [0.4, 0.5) is 28.0 Å². The highest BCUT2D eigenvalue weighted by Gasteiger charge is 2.44. The number of anilines is 1. The molecule has 1 unspecified atom stereocenters. The number of hydrogen-bond donors (Lipinski definition) is 0. The Morgan fingerprint density at radius 3 is 2.38 bits per heavy atom. The lowest BCUT2D eigenvalue weighted by Gasteiger charge is -2.30. The van der Waals surface area contributed by atoms with Gasteiger partial charge in [-0.2, -0.15) is 27.3 Å². The van der Waals surface area contributed by atoms with Gasteiger partial charge in [0.15, 0.2) is 5.82 Å². The zero-order valence-electron chi connectivity index (χ0n) is 17.8. The fourth-order valence-corrected chi connectivity index (χ4v) is 3.36. The van der Waals surface area contributed by atoms with E-state index in [0.717, 1.165) is 17.0 Å². The Labute approximate surface area is 200 Å². The molecule has 3 rings (SSSR count). The van der Waals surface area contributed by atoms with E-state index in [1.165, 1.54) is 42.4 Å². The van der Waals surface area contributed by atoms with Crippen molar-refractivity contribution >= 4 is 34.9 Å². The number of rotatable bonds is 7. The molecule has 0 saturated heterocycles. The van der Waals surface area contributed by atoms with Gasteiger partial charge >= 0.3 is 18.6 Å². The first kappa shape index (κ1) is 25.4. The number of carbonyl (C=O) groups excluding carboxylic acids is 1. The number of alkyl halides is 4. The third-order valence-corrected chi connectivity index (χ3v) is 5.32. The van der Waals surface area contributed by atoms with Gasteiger partial charge in [0.05, 0.1) is 21.8 Å². The number of amides is 2. The number of hydrogen-bond acceptors (Lipinski definition) is 6. The number of benzene rings is 1. The van der Waals surface area contributed by atoms with Crippen LogP contribution in [0.25, 0.3) is 5.95 Å². The van der Waals surface area contributed by atoms with Crippen molar-refractivity contribution in [2.75, 3.05) is 19.0 Å². The van der Waals surface area contributed by atoms with Crippen molar-refractivity contribution in [1.82, 2.24) is 29.6 Å². The highest BCUT2D eigenvalue weighted by Crippen LogP contribution is 2.39. The Kier molecular flexibility index (Phi) is 7.46. The first-order chi connectivity index (χ1) is 15.9. The molecular formula is C19H17Cl2F4N7O2. The Balaban J connectivity index is 1.87. The molecule has 34 heavy (non-hydrogen) atoms. The van der Waals surface area contributed by atoms with Crippen LogP contribution in [-0.4, -0.2) is 62.3 Å². The second-order valence-electron chi connectivity index (χ2n) is 6.91. The van der Waals surface area contributed by atoms with E-state index in [0.29, 0.717) is 5.82 Å². The van der Waals surface area contributed by atoms with Crippen molar-refractivity contribution in [1.29, 1.82) is 0 Å². The fraction of sp³-hybridized carbons (Fsp3) is 0.316. The van der Waals surface area contributed by atoms with Gasteiger partial charge in [-0.15, -0.1) is 0 Å². The normalized spacial score (nSPS) is 12.5. The summed E-state index contributed by atoms with van der Waals surface area (Å²) in [6.07, 6.45) is -4.60. The predicted molar refractivity (Wildman–Crippen MR) is 115 cm³/mol. The molecule has 1 atom stereocenters. The Morgan fingerprint density at radius 2 is 1.76 bits per heavy atom. The summed E-state index contributed by atoms with van der Waals surface area (Å²) in [5.41, 5.74) is -0.108. The molecule has 0 N–H and O–H groups in total. The van der Waals surface area contributed by atoms with Gasteiger partial charge in [0.25, 0.3) is 5.95 Å². The van der Waals surface area contributed by atoms with E-state index < -0.39 is 35.4 Å². The van der Waals surface area contributed by atoms with Gasteiger partial charge in [0.1, 0.15) is 12.1 Å². The lowest BCUT2D eigenvalue weighted by Crippen LogP contribution is -2.41. The summed E-state index contributed by atoms with van der Waals surface area (Å²) >= 11 is 12.0. The molecule has 0 aliphatic rings. The smallest absolute Gasteiger partial charge is 0.427 e. The zero-order chi connectivity index (χ0) is 25.2. The quantitative estimate of drug-likeness (QED) is 0.413. The molecule has 0 fully saturated rings. The van der Waals surface area contributed by atoms with Crippen LogP contribution < -0.4 is 9.64 Å². The van der Waals surface area contributed by atoms with Crippen molar-refractivity contribution in [3.63, 3.8) is 0 Å². The third-order valence-electron chi connectivity index (χ3n) is 4.72. The summed E-state index contributed by atoms with van der Waals surface area (Å²) in [6.45, 7) is 1.66. The maximum atomic E-state index is 13.4. The summed E-state index contributed by atoms with van der Waals surface area (Å²) in [5.74, 6) is -0.209. The first-order valence-corrected chi connectivity index (χ1v) is 10.2. The zero-order valence-corrected chi connectivity index (χ0v) is 19.3. The molecule has 3 aromatic rings. The molecule has 1 aromatic carbocycles. The molecule has 2 aromatic heterocycles. The molecule has 2 heterocycles. The van der Waals surface area contributed by atoms with Crippen LogP contribution in [-0.2, 0) is 0 Å². The molecule has 0 aliphatic heterocycles. The number of ether oxygens (including phenoxy) is 1. The highest BCUT2D eigenvalue weighted by molar-refractivity contribution is 6.37. The van der Waals surface area contributed by atoms with Crippen LogP contribution in [0.15, 0.2) is 36.9 Å². The maximum Gasteiger partial charge on any atom is 0.461 e. The van der Waals surface area contributed by atoms with Crippen molar-refractivity contribution < 1.29 is 27.1 Å². The molecule has 0 saturated carbocycles. The van der Waals surface area contributed by atoms with E-state index >= 15 is 0 Å². The Morgan fingerprint density at radius 1 is 1.12 bits per heavy atom. The minimum atomic E-state index is -4.80. The van der Waals surface area contributed by atoms with Crippen LogP contribution >= 0.6 is 23.2 Å². The Hall–Kier alpha value is -3.19. The molecule has 15 heteroatoms. The lowest BCUT2D eigenvalue weighted by atomic mass is 10.2. The third kappa shape index (κ3) is 5.14. The largest absolute Gasteiger partial charge is 0.461 e. The van der Waals surface area contributed by atoms with Crippen molar-refractivity contribution in [2.24, 2.45) is 0 Å². The highest BCUT2D eigenvalue weighted by atomic mass is 35.5. The lowest BCUT2D eigenvalue weighted by molar-refractivity contribution is -0.253. The van der Waals surface area contributed by atoms with E-state index in [1.54, 1.807) is 13.0 Å². The summed E-state index contributed by atoms with van der Waals surface area (Å²) in [5, 5.41) is 3.54. The first-order valence-electron chi connectivity index (χ1n) is 9.46. The van der Waals surface area contributed by atoms with Crippen LogP contribution in [0.1, 0.15) is 18.8 Å². The number of halogens is 6. The van der Waals surface area contributed by atoms with Crippen LogP contribution in [0.2, 0.25) is 10.0 Å². The van der Waals surface area contributed by atoms with E-state index in [9.17, 15) is 22.4 Å². The molecule has 0 aliphatic carbocycles. The van der Waals surface area contributed by atoms with Crippen LogP contribution in [0.5, 0.6) is 5.75 Å². The summed E-state index contributed by atoms with van der Waals surface area (Å²) < 4.78 is 57.3. The summed E-state index contributed by atoms with van der Waals surface area (Å²) in [6, 6.07) is 2.20. The van der Waals surface area contributed by atoms with Crippen molar-refractivity contribution in [3.8, 4) is 11.7 Å². The standard InChI is InChI=1S/C19H17Cl2F4N7O2/c1-10(15-28-9-29-32(15)17-26-5-4-6-27-17)30(2)18(33)31(3)13-8-14(12(21)7-11(13)20)34-19(24,25)16(22)23/h4-10,16H,1-3H3. The molecule has 0 spiro atoms. The summed E-state index contributed by atoms with van der Waals surface area (Å²) in [7, 11) is 2.77. The van der Waals surface area contributed by atoms with Gasteiger partial charge in [0, 0.05) is 32.6 Å². The minimum Gasteiger partial charge on any atom is -0.427 e. The second-order valence-corrected chi connectivity index (χ2v) is 7.72. The molecule has 0 radical (unpaired) electrons. The van der Waals surface area contributed by atoms with Gasteiger partial charge in [-0.25, -0.2) is 19.7 Å². The Bertz CT molecular complexity index is 1170. The van der Waals surface area contributed by atoms with E-state index in [4.69, 9.17) is 23.2 Å². The van der Waals surface area contributed by atoms with Crippen LogP contribution in [0.3, 0.4) is 0 Å². The molecule has 2 amide bonds. The summed E-state index contributed by atoms with van der Waals surface area (Å²) in [4.78, 5) is 27.8. The van der Waals surface area contributed by atoms with Crippen LogP contribution in [0, 0.1) is 0 Å². The topological polar surface area (TPSA) is 89.3 Å². The number of urea groups is 1. The van der Waals surface area contributed by atoms with Gasteiger partial charge in [-0.05, 0) is 19.1 Å². The predicted octanol–water partition coefficient (Wildman–Crippen LogP) is 4.85. The average molecular weight is 522 g/mol. The van der Waals surface area contributed by atoms with Gasteiger partial charge in [-0.3, -0.25) is 4.90 Å². The number of carbonyl (C=O) groups is 1. The average Bonchev–Trinajstić information content (AvgIpc) is 3.29. The molecule has 0 bridgehead atoms. The maximum absolute atomic E-state index is 13.4. The molecular weight excluding hydrogens is 505 g/mol. The van der Waals surface area contributed by atoms with E-state index in [2.05, 4.69) is 24.8 Å². The van der Waals surface area contributed by atoms with E-state index in [1.807, 2.05) is 0 Å².